The summed E-state index contributed by atoms with van der Waals surface area (Å²) in [6.45, 7) is 2.77. The van der Waals surface area contributed by atoms with Gasteiger partial charge in [-0.25, -0.2) is 0 Å². The summed E-state index contributed by atoms with van der Waals surface area (Å²) in [5, 5.41) is 5.53. The van der Waals surface area contributed by atoms with Crippen LogP contribution in [0.4, 0.5) is 0 Å². The maximum Gasteiger partial charge on any atom is 0.254 e. The second-order valence-corrected chi connectivity index (χ2v) is 11.5. The number of carbonyl (C=O) groups excluding carboxylic acids is 2. The molecule has 4 aromatic rings. The summed E-state index contributed by atoms with van der Waals surface area (Å²) >= 11 is 3.45. The van der Waals surface area contributed by atoms with Gasteiger partial charge >= 0.3 is 0 Å². The number of benzene rings is 4. The van der Waals surface area contributed by atoms with Crippen molar-refractivity contribution in [2.24, 2.45) is 16.9 Å². The fourth-order valence-electron chi connectivity index (χ4n) is 6.63. The number of ether oxygens (including phenoxy) is 2. The normalized spacial score (nSPS) is 22.0. The van der Waals surface area contributed by atoms with Gasteiger partial charge in [0.15, 0.2) is 11.5 Å². The molecule has 2 bridgehead atoms. The molecule has 8 rings (SSSR count). The van der Waals surface area contributed by atoms with Crippen LogP contribution < -0.4 is 9.47 Å². The first kappa shape index (κ1) is 25.7. The third-order valence-electron chi connectivity index (χ3n) is 8.32. The molecule has 0 aromatic heterocycles. The van der Waals surface area contributed by atoms with Crippen LogP contribution in [0.2, 0.25) is 0 Å². The lowest BCUT2D eigenvalue weighted by molar-refractivity contribution is -0.139. The molecule has 0 N–H and O–H groups in total. The highest BCUT2D eigenvalue weighted by Crippen LogP contribution is 2.60. The Morgan fingerprint density at radius 3 is 1.85 bits per heavy atom. The van der Waals surface area contributed by atoms with E-state index in [9.17, 15) is 9.59 Å². The molecule has 1 heterocycles. The number of halogens is 1. The number of imide groups is 1. The molecule has 1 saturated heterocycles. The quantitative estimate of drug-likeness (QED) is 0.174. The molecule has 4 aliphatic rings. The van der Waals surface area contributed by atoms with E-state index in [1.807, 2.05) is 73.7 Å². The predicted octanol–water partition coefficient (Wildman–Crippen LogP) is 6.65. The molecule has 0 unspecified atom stereocenters. The van der Waals surface area contributed by atoms with E-state index in [0.29, 0.717) is 30.3 Å². The summed E-state index contributed by atoms with van der Waals surface area (Å²) < 4.78 is 12.9. The lowest BCUT2D eigenvalue weighted by Gasteiger charge is -2.45. The minimum Gasteiger partial charge on any atom is -0.490 e. The standard InChI is InChI=1S/C34H27BrN2O4/c1-2-40-28-17-21(13-16-27(28)41-19-20-11-14-22(35)15-12-20)18-36-37-33(38)31-29-23-7-3-4-8-24(23)30(32(31)34(37)39)26-10-6-5-9-25(26)29/h3-18,29-32H,2,19H2,1H3/b36-18-/t29?,30?,31-,32-/m0/s1. The maximum absolute atomic E-state index is 13.8. The van der Waals surface area contributed by atoms with Crippen molar-refractivity contribution in [1.82, 2.24) is 5.01 Å². The van der Waals surface area contributed by atoms with Gasteiger partial charge < -0.3 is 9.47 Å². The topological polar surface area (TPSA) is 68.2 Å². The van der Waals surface area contributed by atoms with Gasteiger partial charge in [-0.1, -0.05) is 76.6 Å². The van der Waals surface area contributed by atoms with E-state index in [0.717, 1.165) is 37.3 Å². The van der Waals surface area contributed by atoms with Crippen molar-refractivity contribution in [3.8, 4) is 11.5 Å². The van der Waals surface area contributed by atoms with Crippen molar-refractivity contribution < 1.29 is 19.1 Å². The van der Waals surface area contributed by atoms with E-state index in [1.54, 1.807) is 6.21 Å². The Balaban J connectivity index is 1.16. The zero-order valence-electron chi connectivity index (χ0n) is 22.4. The SMILES string of the molecule is CCOc1cc(/C=N\N2C(=O)[C@H]3C4c5ccccc5C(c5ccccc54)[C@@H]3C2=O)ccc1OCc1ccc(Br)cc1. The Morgan fingerprint density at radius 2 is 1.32 bits per heavy atom. The van der Waals surface area contributed by atoms with Crippen LogP contribution in [0.5, 0.6) is 11.5 Å². The monoisotopic (exact) mass is 606 g/mol. The van der Waals surface area contributed by atoms with Crippen molar-refractivity contribution >= 4 is 34.0 Å². The largest absolute Gasteiger partial charge is 0.490 e. The zero-order chi connectivity index (χ0) is 28.1. The predicted molar refractivity (Wildman–Crippen MR) is 159 cm³/mol. The molecule has 1 aliphatic heterocycles. The van der Waals surface area contributed by atoms with Gasteiger partial charge in [0.2, 0.25) is 0 Å². The van der Waals surface area contributed by atoms with Crippen molar-refractivity contribution in [2.45, 2.75) is 25.4 Å². The molecule has 4 aromatic carbocycles. The van der Waals surface area contributed by atoms with E-state index < -0.39 is 11.8 Å². The minimum atomic E-state index is -0.456. The number of nitrogens with zero attached hydrogens (tertiary/aromatic N) is 2. The average molecular weight is 608 g/mol. The van der Waals surface area contributed by atoms with E-state index in [-0.39, 0.29) is 23.7 Å². The smallest absolute Gasteiger partial charge is 0.254 e. The van der Waals surface area contributed by atoms with Gasteiger partial charge in [-0.2, -0.15) is 10.1 Å². The summed E-state index contributed by atoms with van der Waals surface area (Å²) in [7, 11) is 0. The van der Waals surface area contributed by atoms with Crippen LogP contribution >= 0.6 is 15.9 Å². The van der Waals surface area contributed by atoms with Crippen molar-refractivity contribution in [1.29, 1.82) is 0 Å². The van der Waals surface area contributed by atoms with Crippen LogP contribution in [0.3, 0.4) is 0 Å². The molecule has 3 aliphatic carbocycles. The van der Waals surface area contributed by atoms with Crippen molar-refractivity contribution in [3.63, 3.8) is 0 Å². The number of carbonyl (C=O) groups is 2. The zero-order valence-corrected chi connectivity index (χ0v) is 24.0. The summed E-state index contributed by atoms with van der Waals surface area (Å²) in [5.41, 5.74) is 6.31. The molecule has 0 radical (unpaired) electrons. The van der Waals surface area contributed by atoms with Gasteiger partial charge in [0.25, 0.3) is 11.8 Å². The number of amides is 2. The summed E-state index contributed by atoms with van der Waals surface area (Å²) in [6.07, 6.45) is 1.55. The summed E-state index contributed by atoms with van der Waals surface area (Å²) in [6, 6.07) is 29.9. The molecular formula is C34H27BrN2O4. The lowest BCUT2D eigenvalue weighted by Crippen LogP contribution is -2.41. The van der Waals surface area contributed by atoms with E-state index in [2.05, 4.69) is 45.3 Å². The molecule has 0 spiro atoms. The van der Waals surface area contributed by atoms with E-state index in [1.165, 1.54) is 0 Å². The molecule has 6 nitrogen and oxygen atoms in total. The fourth-order valence-corrected chi connectivity index (χ4v) is 6.90. The lowest BCUT2D eigenvalue weighted by atomic mass is 9.55. The van der Waals surface area contributed by atoms with Gasteiger partial charge in [0, 0.05) is 16.3 Å². The van der Waals surface area contributed by atoms with Crippen molar-refractivity contribution in [2.75, 3.05) is 6.61 Å². The Hall–Kier alpha value is -4.23. The minimum absolute atomic E-state index is 0.152. The molecule has 2 atom stereocenters. The Bertz CT molecular complexity index is 1580. The molecule has 41 heavy (non-hydrogen) atoms. The first-order valence-electron chi connectivity index (χ1n) is 13.8. The van der Waals surface area contributed by atoms with Crippen LogP contribution in [0.25, 0.3) is 0 Å². The van der Waals surface area contributed by atoms with Crippen LogP contribution in [0.1, 0.15) is 52.1 Å². The van der Waals surface area contributed by atoms with Crippen LogP contribution in [-0.4, -0.2) is 29.6 Å². The third-order valence-corrected chi connectivity index (χ3v) is 8.85. The van der Waals surface area contributed by atoms with Gasteiger partial charge in [0.1, 0.15) is 6.61 Å². The highest BCUT2D eigenvalue weighted by molar-refractivity contribution is 9.10. The Labute approximate surface area is 246 Å². The highest BCUT2D eigenvalue weighted by atomic mass is 79.9. The van der Waals surface area contributed by atoms with Gasteiger partial charge in [-0.3, -0.25) is 9.59 Å². The first-order valence-corrected chi connectivity index (χ1v) is 14.6. The van der Waals surface area contributed by atoms with Crippen LogP contribution in [0.15, 0.2) is 101 Å². The third kappa shape index (κ3) is 4.27. The second kappa shape index (κ2) is 10.3. The fraction of sp³-hybridized carbons (Fsp3) is 0.206. The molecule has 204 valence electrons. The number of hydrazone groups is 1. The van der Waals surface area contributed by atoms with E-state index >= 15 is 0 Å². The first-order chi connectivity index (χ1) is 20.0. The Morgan fingerprint density at radius 1 is 0.756 bits per heavy atom. The van der Waals surface area contributed by atoms with Gasteiger partial charge in [-0.15, -0.1) is 0 Å². The number of rotatable bonds is 7. The van der Waals surface area contributed by atoms with Crippen LogP contribution in [0, 0.1) is 11.8 Å². The Kier molecular flexibility index (Phi) is 6.47. The number of hydrogen-bond acceptors (Lipinski definition) is 5. The number of hydrogen-bond donors (Lipinski definition) is 0. The van der Waals surface area contributed by atoms with Gasteiger partial charge in [-0.05, 0) is 70.6 Å². The summed E-state index contributed by atoms with van der Waals surface area (Å²) in [5.74, 6) is -0.514. The van der Waals surface area contributed by atoms with Gasteiger partial charge in [0.05, 0.1) is 24.7 Å². The van der Waals surface area contributed by atoms with Crippen molar-refractivity contribution in [3.05, 3.63) is 129 Å². The average Bonchev–Trinajstić information content (AvgIpc) is 3.26. The maximum atomic E-state index is 13.8. The van der Waals surface area contributed by atoms with Crippen LogP contribution in [-0.2, 0) is 16.2 Å². The molecule has 2 amide bonds. The van der Waals surface area contributed by atoms with E-state index in [4.69, 9.17) is 9.47 Å². The summed E-state index contributed by atoms with van der Waals surface area (Å²) in [4.78, 5) is 27.6. The molecule has 1 fully saturated rings. The molecule has 0 saturated carbocycles. The second-order valence-electron chi connectivity index (χ2n) is 10.6. The molecule has 7 heteroatoms. The molecular weight excluding hydrogens is 580 g/mol. The highest BCUT2D eigenvalue weighted by Gasteiger charge is 2.61.